The molecule has 1 N–H and O–H groups in total. The summed E-state index contributed by atoms with van der Waals surface area (Å²) in [7, 11) is 3.36. The lowest BCUT2D eigenvalue weighted by Crippen LogP contribution is -2.28. The highest BCUT2D eigenvalue weighted by Crippen LogP contribution is 2.21. The Morgan fingerprint density at radius 1 is 1.17 bits per heavy atom. The second-order valence-electron chi connectivity index (χ2n) is 9.10. The lowest BCUT2D eigenvalue weighted by Gasteiger charge is -2.13. The monoisotopic (exact) mass is 484 g/mol. The molecule has 0 aliphatic carbocycles. The molecule has 3 rings (SSSR count). The van der Waals surface area contributed by atoms with Crippen molar-refractivity contribution in [2.75, 3.05) is 40.5 Å². The summed E-state index contributed by atoms with van der Waals surface area (Å²) in [5.74, 6) is -0.647. The van der Waals surface area contributed by atoms with Crippen molar-refractivity contribution in [3.63, 3.8) is 0 Å². The van der Waals surface area contributed by atoms with E-state index in [0.717, 1.165) is 24.1 Å². The number of nitrogens with zero attached hydrogens (tertiary/aromatic N) is 3. The predicted molar refractivity (Wildman–Crippen MR) is 132 cm³/mol. The zero-order chi connectivity index (χ0) is 25.4. The van der Waals surface area contributed by atoms with Crippen molar-refractivity contribution in [2.45, 2.75) is 46.1 Å². The Labute approximate surface area is 206 Å². The van der Waals surface area contributed by atoms with Gasteiger partial charge in [-0.2, -0.15) is 5.10 Å². The molecule has 9 heteroatoms. The predicted octanol–water partition coefficient (Wildman–Crippen LogP) is 2.72. The van der Waals surface area contributed by atoms with Crippen LogP contribution < -0.4 is 5.32 Å². The molecule has 190 valence electrons. The molecule has 35 heavy (non-hydrogen) atoms. The molecule has 2 amide bonds. The highest BCUT2D eigenvalue weighted by molar-refractivity contribution is 5.96. The van der Waals surface area contributed by atoms with Gasteiger partial charge in [0.05, 0.1) is 17.9 Å². The summed E-state index contributed by atoms with van der Waals surface area (Å²) in [6.07, 6.45) is 2.90. The number of nitrogens with one attached hydrogen (secondary N) is 1. The van der Waals surface area contributed by atoms with E-state index in [1.165, 1.54) is 4.90 Å². The average molecular weight is 485 g/mol. The van der Waals surface area contributed by atoms with E-state index in [9.17, 15) is 14.4 Å². The van der Waals surface area contributed by atoms with Gasteiger partial charge in [-0.25, -0.2) is 4.79 Å². The fourth-order valence-electron chi connectivity index (χ4n) is 4.07. The van der Waals surface area contributed by atoms with E-state index in [2.05, 4.69) is 5.32 Å². The van der Waals surface area contributed by atoms with Gasteiger partial charge in [-0.3, -0.25) is 14.3 Å². The molecule has 0 saturated carbocycles. The Bertz CT molecular complexity index is 1030. The highest BCUT2D eigenvalue weighted by Gasteiger charge is 2.24. The quantitative estimate of drug-likeness (QED) is 0.607. The van der Waals surface area contributed by atoms with Crippen LogP contribution in [0.2, 0.25) is 0 Å². The second-order valence-corrected chi connectivity index (χ2v) is 9.10. The van der Waals surface area contributed by atoms with Crippen molar-refractivity contribution in [3.05, 3.63) is 52.3 Å². The van der Waals surface area contributed by atoms with Crippen molar-refractivity contribution in [1.82, 2.24) is 20.0 Å². The minimum atomic E-state index is -0.435. The lowest BCUT2D eigenvalue weighted by atomic mass is 9.99. The number of benzene rings is 1. The van der Waals surface area contributed by atoms with Crippen LogP contribution in [0.4, 0.5) is 0 Å². The van der Waals surface area contributed by atoms with Crippen LogP contribution in [0, 0.1) is 5.92 Å². The normalized spacial score (nSPS) is 15.4. The van der Waals surface area contributed by atoms with E-state index in [1.54, 1.807) is 43.0 Å². The number of carbonyl (C=O) groups is 3. The minimum Gasteiger partial charge on any atom is -0.462 e. The Morgan fingerprint density at radius 3 is 2.54 bits per heavy atom. The Hall–Kier alpha value is -3.20. The molecule has 9 nitrogen and oxygen atoms in total. The number of rotatable bonds is 7. The number of aryl methyl sites for hydroxylation is 1. The van der Waals surface area contributed by atoms with Crippen LogP contribution in [-0.4, -0.2) is 72.9 Å². The third-order valence-electron chi connectivity index (χ3n) is 5.93. The molecule has 0 unspecified atom stereocenters. The Morgan fingerprint density at radius 2 is 1.86 bits per heavy atom. The molecule has 2 heterocycles. The first kappa shape index (κ1) is 26.4. The smallest absolute Gasteiger partial charge is 0.338 e. The summed E-state index contributed by atoms with van der Waals surface area (Å²) >= 11 is 0. The maximum Gasteiger partial charge on any atom is 0.338 e. The van der Waals surface area contributed by atoms with E-state index in [-0.39, 0.29) is 24.3 Å². The summed E-state index contributed by atoms with van der Waals surface area (Å²) in [6.45, 7) is 6.65. The summed E-state index contributed by atoms with van der Waals surface area (Å²) in [5.41, 5.74) is 3.36. The van der Waals surface area contributed by atoms with Crippen LogP contribution in [0.25, 0.3) is 0 Å². The van der Waals surface area contributed by atoms with Crippen molar-refractivity contribution in [2.24, 2.45) is 5.92 Å². The molecule has 2 aromatic rings. The second kappa shape index (κ2) is 12.5. The number of aromatic nitrogens is 2. The van der Waals surface area contributed by atoms with Crippen LogP contribution in [0.5, 0.6) is 0 Å². The van der Waals surface area contributed by atoms with Gasteiger partial charge in [-0.1, -0.05) is 6.92 Å². The molecule has 1 aromatic heterocycles. The molecule has 0 bridgehead atoms. The number of carbonyl (C=O) groups excluding carboxylic acids is 3. The largest absolute Gasteiger partial charge is 0.462 e. The topological polar surface area (TPSA) is 103 Å². The molecule has 0 saturated heterocycles. The van der Waals surface area contributed by atoms with Crippen LogP contribution in [0.3, 0.4) is 0 Å². The molecule has 1 atom stereocenters. The molecular weight excluding hydrogens is 448 g/mol. The van der Waals surface area contributed by atoms with E-state index in [4.69, 9.17) is 14.6 Å². The van der Waals surface area contributed by atoms with E-state index in [0.29, 0.717) is 56.0 Å². The van der Waals surface area contributed by atoms with Gasteiger partial charge in [0.15, 0.2) is 0 Å². The van der Waals surface area contributed by atoms with Crippen molar-refractivity contribution in [3.8, 4) is 0 Å². The maximum absolute atomic E-state index is 12.9. The fourth-order valence-corrected chi connectivity index (χ4v) is 4.07. The van der Waals surface area contributed by atoms with Gasteiger partial charge in [0.1, 0.15) is 5.69 Å². The molecule has 1 aliphatic rings. The standard InChI is InChI=1S/C26H36N4O5/c1-5-30-23-21(8-6-14-34-15-7-13-27-24(23)31)22(28-30)16-18(2)17-35-26(33)20-11-9-19(10-12-20)25(32)29(3)4/h9-12,18H,5-8,13-17H2,1-4H3,(H,27,31)/t18-/m1/s1. The van der Waals surface area contributed by atoms with Gasteiger partial charge in [0.25, 0.3) is 11.8 Å². The van der Waals surface area contributed by atoms with E-state index in [1.807, 2.05) is 13.8 Å². The summed E-state index contributed by atoms with van der Waals surface area (Å²) in [6, 6.07) is 6.45. The van der Waals surface area contributed by atoms with Gasteiger partial charge >= 0.3 is 5.97 Å². The average Bonchev–Trinajstić information content (AvgIpc) is 3.18. The molecule has 1 aromatic carbocycles. The highest BCUT2D eigenvalue weighted by atomic mass is 16.5. The molecule has 0 fully saturated rings. The zero-order valence-corrected chi connectivity index (χ0v) is 21.1. The van der Waals surface area contributed by atoms with Crippen molar-refractivity contribution in [1.29, 1.82) is 0 Å². The lowest BCUT2D eigenvalue weighted by molar-refractivity contribution is 0.0448. The molecule has 0 spiro atoms. The maximum atomic E-state index is 12.9. The number of esters is 1. The van der Waals surface area contributed by atoms with Gasteiger partial charge in [0, 0.05) is 51.5 Å². The van der Waals surface area contributed by atoms with Gasteiger partial charge in [-0.15, -0.1) is 0 Å². The van der Waals surface area contributed by atoms with Crippen molar-refractivity contribution >= 4 is 17.8 Å². The third kappa shape index (κ3) is 6.91. The first-order valence-electron chi connectivity index (χ1n) is 12.2. The number of amides is 2. The fraction of sp³-hybridized carbons (Fsp3) is 0.538. The number of hydrogen-bond donors (Lipinski definition) is 1. The van der Waals surface area contributed by atoms with E-state index >= 15 is 0 Å². The number of fused-ring (bicyclic) bond motifs is 1. The minimum absolute atomic E-state index is 0.00958. The van der Waals surface area contributed by atoms with Gasteiger partial charge in [-0.05, 0) is 62.8 Å². The zero-order valence-electron chi connectivity index (χ0n) is 21.1. The Kier molecular flexibility index (Phi) is 9.42. The third-order valence-corrected chi connectivity index (χ3v) is 5.93. The summed E-state index contributed by atoms with van der Waals surface area (Å²) < 4.78 is 13.0. The SMILES string of the molecule is CCn1nc(C[C@@H](C)COC(=O)c2ccc(C(=O)N(C)C)cc2)c2c1C(=O)NCCCOCCC2. The van der Waals surface area contributed by atoms with Gasteiger partial charge < -0.3 is 19.7 Å². The first-order valence-corrected chi connectivity index (χ1v) is 12.2. The first-order chi connectivity index (χ1) is 16.8. The van der Waals surface area contributed by atoms with Crippen LogP contribution in [0.15, 0.2) is 24.3 Å². The summed E-state index contributed by atoms with van der Waals surface area (Å²) in [5, 5.41) is 7.71. The van der Waals surface area contributed by atoms with Crippen LogP contribution in [0.1, 0.15) is 69.2 Å². The molecular formula is C26H36N4O5. The Balaban J connectivity index is 1.66. The molecule has 0 radical (unpaired) electrons. The number of hydrogen-bond acceptors (Lipinski definition) is 6. The number of ether oxygens (including phenoxy) is 2. The van der Waals surface area contributed by atoms with E-state index < -0.39 is 5.97 Å². The molecule has 1 aliphatic heterocycles. The summed E-state index contributed by atoms with van der Waals surface area (Å²) in [4.78, 5) is 38.9. The van der Waals surface area contributed by atoms with Crippen molar-refractivity contribution < 1.29 is 23.9 Å². The van der Waals surface area contributed by atoms with Crippen LogP contribution in [-0.2, 0) is 28.9 Å². The van der Waals surface area contributed by atoms with Gasteiger partial charge in [0.2, 0.25) is 0 Å². The van der Waals surface area contributed by atoms with Crippen LogP contribution >= 0.6 is 0 Å².